The third-order valence-electron chi connectivity index (χ3n) is 4.36. The number of rotatable bonds is 4. The highest BCUT2D eigenvalue weighted by atomic mass is 35.5. The molecular weight excluding hydrogens is 429 g/mol. The van der Waals surface area contributed by atoms with Crippen molar-refractivity contribution in [1.29, 1.82) is 0 Å². The molecule has 1 atom stereocenters. The monoisotopic (exact) mass is 447 g/mol. The number of halogens is 2. The van der Waals surface area contributed by atoms with Gasteiger partial charge in [-0.05, 0) is 36.8 Å². The zero-order valence-corrected chi connectivity index (χ0v) is 17.7. The van der Waals surface area contributed by atoms with E-state index in [0.29, 0.717) is 22.4 Å². The molecule has 0 spiro atoms. The van der Waals surface area contributed by atoms with E-state index in [1.54, 1.807) is 17.0 Å². The zero-order chi connectivity index (χ0) is 19.6. The maximum absolute atomic E-state index is 12.6. The Balaban J connectivity index is 1.58. The van der Waals surface area contributed by atoms with Gasteiger partial charge in [-0.15, -0.1) is 11.3 Å². The van der Waals surface area contributed by atoms with Crippen LogP contribution in [0.5, 0.6) is 0 Å². The van der Waals surface area contributed by atoms with E-state index in [0.717, 1.165) is 16.9 Å². The highest BCUT2D eigenvalue weighted by Gasteiger charge is 2.31. The van der Waals surface area contributed by atoms with Crippen LogP contribution in [-0.2, 0) is 10.0 Å². The molecule has 1 aromatic carbocycles. The van der Waals surface area contributed by atoms with E-state index in [1.165, 1.54) is 10.4 Å². The van der Waals surface area contributed by atoms with Crippen LogP contribution in [0.2, 0.25) is 9.36 Å². The fourth-order valence-electron chi connectivity index (χ4n) is 2.83. The largest absolute Gasteiger partial charge is 0.331 e. The topological polar surface area (TPSA) is 69.7 Å². The number of urea groups is 1. The Morgan fingerprint density at radius 2 is 1.85 bits per heavy atom. The van der Waals surface area contributed by atoms with Crippen LogP contribution in [0, 0.1) is 0 Å². The highest BCUT2D eigenvalue weighted by molar-refractivity contribution is 7.91. The van der Waals surface area contributed by atoms with Gasteiger partial charge in [-0.25, -0.2) is 13.2 Å². The molecule has 1 N–H and O–H groups in total. The van der Waals surface area contributed by atoms with Gasteiger partial charge in [0, 0.05) is 31.2 Å². The number of piperazine rings is 1. The van der Waals surface area contributed by atoms with Crippen molar-refractivity contribution in [3.05, 3.63) is 51.3 Å². The molecule has 0 aliphatic carbocycles. The molecule has 27 heavy (non-hydrogen) atoms. The minimum absolute atomic E-state index is 0.203. The van der Waals surface area contributed by atoms with Crippen molar-refractivity contribution >= 4 is 50.6 Å². The second-order valence-corrected chi connectivity index (χ2v) is 10.5. The molecule has 0 saturated carbocycles. The summed E-state index contributed by atoms with van der Waals surface area (Å²) in [5.74, 6) is 0. The number of nitrogens with zero attached hydrogens (tertiary/aromatic N) is 2. The van der Waals surface area contributed by atoms with E-state index in [4.69, 9.17) is 23.2 Å². The lowest BCUT2D eigenvalue weighted by molar-refractivity contribution is 0.169. The number of sulfonamides is 1. The van der Waals surface area contributed by atoms with Gasteiger partial charge in [-0.3, -0.25) is 0 Å². The fourth-order valence-corrected chi connectivity index (χ4v) is 6.09. The zero-order valence-electron chi connectivity index (χ0n) is 14.6. The maximum Gasteiger partial charge on any atom is 0.317 e. The first kappa shape index (κ1) is 20.4. The summed E-state index contributed by atoms with van der Waals surface area (Å²) in [7, 11) is -3.57. The number of hydrogen-bond acceptors (Lipinski definition) is 4. The summed E-state index contributed by atoms with van der Waals surface area (Å²) in [6.45, 7) is 3.03. The van der Waals surface area contributed by atoms with Crippen molar-refractivity contribution < 1.29 is 13.2 Å². The van der Waals surface area contributed by atoms with Crippen LogP contribution < -0.4 is 5.32 Å². The van der Waals surface area contributed by atoms with Crippen molar-refractivity contribution in [2.75, 3.05) is 26.2 Å². The molecule has 1 aliphatic heterocycles. The number of nitrogens with one attached hydrogen (secondary N) is 1. The van der Waals surface area contributed by atoms with E-state index in [1.807, 2.05) is 25.1 Å². The molecule has 0 bridgehead atoms. The summed E-state index contributed by atoms with van der Waals surface area (Å²) >= 11 is 12.9. The lowest BCUT2D eigenvalue weighted by atomic mass is 10.1. The Morgan fingerprint density at radius 1 is 1.15 bits per heavy atom. The number of carbonyl (C=O) groups excluding carboxylic acids is 1. The van der Waals surface area contributed by atoms with Crippen molar-refractivity contribution in [2.45, 2.75) is 17.2 Å². The SMILES string of the molecule is C[C@@H](NC(=O)N1CCN(S(=O)(=O)c2ccc(Cl)s2)CC1)c1cccc(Cl)c1. The quantitative estimate of drug-likeness (QED) is 0.773. The second kappa shape index (κ2) is 8.36. The van der Waals surface area contributed by atoms with Crippen molar-refractivity contribution in [3.8, 4) is 0 Å². The highest BCUT2D eigenvalue weighted by Crippen LogP contribution is 2.28. The summed E-state index contributed by atoms with van der Waals surface area (Å²) in [4.78, 5) is 14.1. The molecule has 2 heterocycles. The Kier molecular flexibility index (Phi) is 6.32. The molecule has 1 fully saturated rings. The van der Waals surface area contributed by atoms with Gasteiger partial charge >= 0.3 is 6.03 Å². The minimum Gasteiger partial charge on any atom is -0.331 e. The smallest absolute Gasteiger partial charge is 0.317 e. The molecule has 1 aromatic heterocycles. The lowest BCUT2D eigenvalue weighted by Gasteiger charge is -2.34. The van der Waals surface area contributed by atoms with Gasteiger partial charge in [-0.1, -0.05) is 35.3 Å². The van der Waals surface area contributed by atoms with E-state index < -0.39 is 10.0 Å². The Bertz CT molecular complexity index is 925. The number of hydrogen-bond donors (Lipinski definition) is 1. The van der Waals surface area contributed by atoms with E-state index in [9.17, 15) is 13.2 Å². The van der Waals surface area contributed by atoms with E-state index in [2.05, 4.69) is 5.32 Å². The van der Waals surface area contributed by atoms with Crippen LogP contribution in [0.1, 0.15) is 18.5 Å². The molecule has 1 aliphatic rings. The van der Waals surface area contributed by atoms with Gasteiger partial charge in [0.1, 0.15) is 4.21 Å². The summed E-state index contributed by atoms with van der Waals surface area (Å²) in [5, 5.41) is 3.54. The first-order valence-corrected chi connectivity index (χ1v) is 11.3. The van der Waals surface area contributed by atoms with Gasteiger partial charge < -0.3 is 10.2 Å². The molecule has 0 unspecified atom stereocenters. The first-order valence-electron chi connectivity index (χ1n) is 8.34. The summed E-state index contributed by atoms with van der Waals surface area (Å²) in [6.07, 6.45) is 0. The Labute approximate surface area is 172 Å². The standard InChI is InChI=1S/C17H19Cl2N3O3S2/c1-12(13-3-2-4-14(18)11-13)20-17(23)21-7-9-22(10-8-21)27(24,25)16-6-5-15(19)26-16/h2-6,11-12H,7-10H2,1H3,(H,20,23)/t12-/m1/s1. The van der Waals surface area contributed by atoms with E-state index >= 15 is 0 Å². The van der Waals surface area contributed by atoms with Gasteiger partial charge in [0.25, 0.3) is 10.0 Å². The van der Waals surface area contributed by atoms with Crippen LogP contribution in [-0.4, -0.2) is 49.8 Å². The number of thiophene rings is 1. The summed E-state index contributed by atoms with van der Waals surface area (Å²) in [6, 6.07) is 9.97. The molecule has 146 valence electrons. The Hall–Kier alpha value is -1.32. The molecule has 2 aromatic rings. The maximum atomic E-state index is 12.6. The average molecular weight is 448 g/mol. The van der Waals surface area contributed by atoms with Crippen molar-refractivity contribution in [1.82, 2.24) is 14.5 Å². The van der Waals surface area contributed by atoms with Crippen LogP contribution in [0.15, 0.2) is 40.6 Å². The number of benzene rings is 1. The van der Waals surface area contributed by atoms with E-state index in [-0.39, 0.29) is 29.4 Å². The van der Waals surface area contributed by atoms with Gasteiger partial charge in [-0.2, -0.15) is 4.31 Å². The van der Waals surface area contributed by atoms with Crippen LogP contribution in [0.4, 0.5) is 4.79 Å². The molecule has 3 rings (SSSR count). The van der Waals surface area contributed by atoms with Gasteiger partial charge in [0.2, 0.25) is 0 Å². The number of amides is 2. The molecule has 0 radical (unpaired) electrons. The first-order chi connectivity index (χ1) is 12.8. The fraction of sp³-hybridized carbons (Fsp3) is 0.353. The molecular formula is C17H19Cl2N3O3S2. The second-order valence-electron chi connectivity index (χ2n) is 6.18. The predicted molar refractivity (Wildman–Crippen MR) is 108 cm³/mol. The van der Waals surface area contributed by atoms with Gasteiger partial charge in [0.05, 0.1) is 10.4 Å². The summed E-state index contributed by atoms with van der Waals surface area (Å²) in [5.41, 5.74) is 0.909. The Morgan fingerprint density at radius 3 is 2.44 bits per heavy atom. The summed E-state index contributed by atoms with van der Waals surface area (Å²) < 4.78 is 27.3. The van der Waals surface area contributed by atoms with Crippen LogP contribution >= 0.6 is 34.5 Å². The average Bonchev–Trinajstić information content (AvgIpc) is 3.09. The molecule has 6 nitrogen and oxygen atoms in total. The third-order valence-corrected chi connectivity index (χ3v) is 8.19. The molecule has 10 heteroatoms. The minimum atomic E-state index is -3.57. The lowest BCUT2D eigenvalue weighted by Crippen LogP contribution is -2.53. The van der Waals surface area contributed by atoms with Crippen molar-refractivity contribution in [2.24, 2.45) is 0 Å². The molecule has 1 saturated heterocycles. The van der Waals surface area contributed by atoms with Gasteiger partial charge in [0.15, 0.2) is 0 Å². The number of carbonyl (C=O) groups is 1. The third kappa shape index (κ3) is 4.75. The van der Waals surface area contributed by atoms with Crippen molar-refractivity contribution in [3.63, 3.8) is 0 Å². The van der Waals surface area contributed by atoms with Crippen LogP contribution in [0.25, 0.3) is 0 Å². The molecule has 2 amide bonds. The normalized spacial score (nSPS) is 16.9. The van der Waals surface area contributed by atoms with Crippen LogP contribution in [0.3, 0.4) is 0 Å². The predicted octanol–water partition coefficient (Wildman–Crippen LogP) is 3.83.